The molecule has 0 aliphatic carbocycles. The molecular formula is C17H20FNO2. The molecule has 0 bridgehead atoms. The Morgan fingerprint density at radius 1 is 1.24 bits per heavy atom. The molecule has 0 fully saturated rings. The van der Waals surface area contributed by atoms with Crippen LogP contribution in [0.3, 0.4) is 0 Å². The number of halogens is 1. The number of benzene rings is 2. The van der Waals surface area contributed by atoms with Crippen molar-refractivity contribution in [3.8, 4) is 5.75 Å². The van der Waals surface area contributed by atoms with Gasteiger partial charge < -0.3 is 15.2 Å². The highest BCUT2D eigenvalue weighted by Gasteiger charge is 2.09. The molecule has 0 saturated carbocycles. The van der Waals surface area contributed by atoms with Crippen molar-refractivity contribution >= 4 is 5.69 Å². The first-order chi connectivity index (χ1) is 10.1. The number of aliphatic hydroxyl groups excluding tert-OH is 1. The van der Waals surface area contributed by atoms with Gasteiger partial charge in [-0.3, -0.25) is 0 Å². The second kappa shape index (κ2) is 7.09. The zero-order valence-electron chi connectivity index (χ0n) is 12.3. The molecule has 0 aromatic heterocycles. The van der Waals surface area contributed by atoms with Crippen LogP contribution in [0.4, 0.5) is 10.1 Å². The first kappa shape index (κ1) is 15.3. The van der Waals surface area contributed by atoms with E-state index in [1.54, 1.807) is 6.07 Å². The maximum atomic E-state index is 13.2. The van der Waals surface area contributed by atoms with Gasteiger partial charge in [0.2, 0.25) is 0 Å². The molecule has 2 N–H and O–H groups in total. The Bertz CT molecular complexity index is 601. The van der Waals surface area contributed by atoms with Crippen molar-refractivity contribution in [2.45, 2.75) is 26.5 Å². The molecule has 0 aliphatic heterocycles. The van der Waals surface area contributed by atoms with Crippen LogP contribution < -0.4 is 10.1 Å². The van der Waals surface area contributed by atoms with E-state index in [9.17, 15) is 9.50 Å². The Hall–Kier alpha value is -2.07. The molecule has 0 heterocycles. The van der Waals surface area contributed by atoms with E-state index in [4.69, 9.17) is 4.74 Å². The van der Waals surface area contributed by atoms with Crippen LogP contribution in [-0.4, -0.2) is 11.7 Å². The minimum absolute atomic E-state index is 0.0369. The third kappa shape index (κ3) is 3.95. The molecule has 1 unspecified atom stereocenters. The summed E-state index contributed by atoms with van der Waals surface area (Å²) in [5.74, 6) is 0.438. The highest BCUT2D eigenvalue weighted by Crippen LogP contribution is 2.26. The fraction of sp³-hybridized carbons (Fsp3) is 0.294. The zero-order valence-corrected chi connectivity index (χ0v) is 12.3. The van der Waals surface area contributed by atoms with Crippen molar-refractivity contribution in [3.05, 3.63) is 59.4 Å². The lowest BCUT2D eigenvalue weighted by Crippen LogP contribution is -2.07. The Morgan fingerprint density at radius 3 is 2.71 bits per heavy atom. The molecule has 0 radical (unpaired) electrons. The quantitative estimate of drug-likeness (QED) is 0.847. The summed E-state index contributed by atoms with van der Waals surface area (Å²) in [6.07, 6.45) is 0. The minimum atomic E-state index is -0.246. The third-order valence-corrected chi connectivity index (χ3v) is 3.26. The molecule has 2 aromatic carbocycles. The van der Waals surface area contributed by atoms with Gasteiger partial charge in [0.25, 0.3) is 0 Å². The van der Waals surface area contributed by atoms with Gasteiger partial charge in [-0.25, -0.2) is 4.39 Å². The van der Waals surface area contributed by atoms with Crippen LogP contribution in [0.15, 0.2) is 42.5 Å². The molecule has 0 amide bonds. The van der Waals surface area contributed by atoms with E-state index in [1.165, 1.54) is 12.1 Å². The Labute approximate surface area is 124 Å². The largest absolute Gasteiger partial charge is 0.494 e. The van der Waals surface area contributed by atoms with Crippen LogP contribution in [0.25, 0.3) is 0 Å². The second-order valence-electron chi connectivity index (χ2n) is 4.83. The van der Waals surface area contributed by atoms with Gasteiger partial charge in [0.15, 0.2) is 0 Å². The fourth-order valence-electron chi connectivity index (χ4n) is 2.20. The lowest BCUT2D eigenvalue weighted by atomic mass is 10.1. The van der Waals surface area contributed by atoms with E-state index in [2.05, 4.69) is 5.32 Å². The van der Waals surface area contributed by atoms with Crippen LogP contribution in [0.1, 0.15) is 31.0 Å². The summed E-state index contributed by atoms with van der Waals surface area (Å²) in [4.78, 5) is 0. The number of rotatable bonds is 6. The molecule has 3 nitrogen and oxygen atoms in total. The highest BCUT2D eigenvalue weighted by molar-refractivity contribution is 5.52. The van der Waals surface area contributed by atoms with Gasteiger partial charge in [0.1, 0.15) is 11.6 Å². The Kier molecular flexibility index (Phi) is 5.17. The van der Waals surface area contributed by atoms with Crippen molar-refractivity contribution in [1.29, 1.82) is 0 Å². The topological polar surface area (TPSA) is 41.5 Å². The second-order valence-corrected chi connectivity index (χ2v) is 4.83. The maximum absolute atomic E-state index is 13.2. The smallest absolute Gasteiger partial charge is 0.124 e. The fourth-order valence-corrected chi connectivity index (χ4v) is 2.20. The summed E-state index contributed by atoms with van der Waals surface area (Å²) in [5.41, 5.74) is 2.46. The van der Waals surface area contributed by atoms with Crippen molar-refractivity contribution in [1.82, 2.24) is 0 Å². The van der Waals surface area contributed by atoms with Crippen LogP contribution in [0, 0.1) is 5.82 Å². The van der Waals surface area contributed by atoms with Gasteiger partial charge in [-0.05, 0) is 49.7 Å². The molecule has 4 heteroatoms. The first-order valence-corrected chi connectivity index (χ1v) is 7.02. The summed E-state index contributed by atoms with van der Waals surface area (Å²) >= 11 is 0. The molecule has 112 valence electrons. The lowest BCUT2D eigenvalue weighted by molar-refractivity contribution is 0.267. The SMILES string of the molecule is CCOc1ccc(NC(C)c2cccc(F)c2)cc1CO. The van der Waals surface area contributed by atoms with Crippen molar-refractivity contribution < 1.29 is 14.2 Å². The van der Waals surface area contributed by atoms with Crippen molar-refractivity contribution in [2.75, 3.05) is 11.9 Å². The first-order valence-electron chi connectivity index (χ1n) is 7.02. The molecule has 0 saturated heterocycles. The molecule has 0 aliphatic rings. The van der Waals surface area contributed by atoms with Crippen molar-refractivity contribution in [2.24, 2.45) is 0 Å². The van der Waals surface area contributed by atoms with Gasteiger partial charge >= 0.3 is 0 Å². The van der Waals surface area contributed by atoms with E-state index < -0.39 is 0 Å². The monoisotopic (exact) mass is 289 g/mol. The molecular weight excluding hydrogens is 269 g/mol. The summed E-state index contributed by atoms with van der Waals surface area (Å²) in [6.45, 7) is 4.34. The van der Waals surface area contributed by atoms with Crippen LogP contribution in [-0.2, 0) is 6.61 Å². The normalized spacial score (nSPS) is 12.0. The van der Waals surface area contributed by atoms with Crippen molar-refractivity contribution in [3.63, 3.8) is 0 Å². The van der Waals surface area contributed by atoms with Crippen LogP contribution in [0.2, 0.25) is 0 Å². The van der Waals surface area contributed by atoms with E-state index in [-0.39, 0.29) is 18.5 Å². The number of hydrogen-bond donors (Lipinski definition) is 2. The summed E-state index contributed by atoms with van der Waals surface area (Å²) in [7, 11) is 0. The molecule has 2 rings (SSSR count). The summed E-state index contributed by atoms with van der Waals surface area (Å²) in [6, 6.07) is 12.0. The van der Waals surface area contributed by atoms with E-state index in [0.29, 0.717) is 12.4 Å². The number of anilines is 1. The number of ether oxygens (including phenoxy) is 1. The molecule has 21 heavy (non-hydrogen) atoms. The number of aliphatic hydroxyl groups is 1. The summed E-state index contributed by atoms with van der Waals surface area (Å²) in [5, 5.41) is 12.7. The third-order valence-electron chi connectivity index (χ3n) is 3.26. The minimum Gasteiger partial charge on any atom is -0.494 e. The predicted molar refractivity (Wildman–Crippen MR) is 82.0 cm³/mol. The number of nitrogens with one attached hydrogen (secondary N) is 1. The van der Waals surface area contributed by atoms with Gasteiger partial charge in [-0.1, -0.05) is 12.1 Å². The molecule has 2 aromatic rings. The summed E-state index contributed by atoms with van der Waals surface area (Å²) < 4.78 is 18.7. The molecule has 0 spiro atoms. The highest BCUT2D eigenvalue weighted by atomic mass is 19.1. The van der Waals surface area contributed by atoms with Crippen LogP contribution >= 0.6 is 0 Å². The van der Waals surface area contributed by atoms with E-state index in [0.717, 1.165) is 16.8 Å². The van der Waals surface area contributed by atoms with E-state index in [1.807, 2.05) is 38.1 Å². The average molecular weight is 289 g/mol. The van der Waals surface area contributed by atoms with Gasteiger partial charge in [0, 0.05) is 17.3 Å². The van der Waals surface area contributed by atoms with E-state index >= 15 is 0 Å². The standard InChI is InChI=1S/C17H20FNO2/c1-3-21-17-8-7-16(10-14(17)11-20)19-12(2)13-5-4-6-15(18)9-13/h4-10,12,19-20H,3,11H2,1-2H3. The maximum Gasteiger partial charge on any atom is 0.124 e. The average Bonchev–Trinajstić information content (AvgIpc) is 2.49. The molecule has 1 atom stereocenters. The zero-order chi connectivity index (χ0) is 15.2. The van der Waals surface area contributed by atoms with Crippen LogP contribution in [0.5, 0.6) is 5.75 Å². The number of hydrogen-bond acceptors (Lipinski definition) is 3. The van der Waals surface area contributed by atoms with Gasteiger partial charge in [0.05, 0.1) is 13.2 Å². The van der Waals surface area contributed by atoms with Gasteiger partial charge in [-0.15, -0.1) is 0 Å². The Balaban J connectivity index is 2.15. The Morgan fingerprint density at radius 2 is 2.05 bits per heavy atom. The lowest BCUT2D eigenvalue weighted by Gasteiger charge is -2.17. The van der Waals surface area contributed by atoms with Gasteiger partial charge in [-0.2, -0.15) is 0 Å². The predicted octanol–water partition coefficient (Wildman–Crippen LogP) is 3.89.